The number of aliphatic imine (C=N–C) groups is 1. The summed E-state index contributed by atoms with van der Waals surface area (Å²) in [6.45, 7) is 9.84. The summed E-state index contributed by atoms with van der Waals surface area (Å²) in [5.41, 5.74) is 1.16. The van der Waals surface area contributed by atoms with Crippen molar-refractivity contribution in [3.8, 4) is 0 Å². The Labute approximate surface area is 114 Å². The van der Waals surface area contributed by atoms with Gasteiger partial charge in [-0.15, -0.1) is 6.58 Å². The molecule has 1 atom stereocenters. The number of aliphatic hydroxyl groups is 1. The standard InChI is InChI=1S/C16H20N2O/c1-4-9-16(19)12-7-5-6-8-13(12)18-11-15(2,3)10-17-14(16)18/h4-8,19H,1,9-11H2,2-3H3. The molecule has 0 saturated heterocycles. The molecular formula is C16H20N2O. The smallest absolute Gasteiger partial charge is 0.152 e. The maximum atomic E-state index is 11.1. The average Bonchev–Trinajstić information content (AvgIpc) is 2.59. The number of fused-ring (bicyclic) bond motifs is 3. The number of hydrogen-bond acceptors (Lipinski definition) is 3. The van der Waals surface area contributed by atoms with Crippen molar-refractivity contribution in [2.24, 2.45) is 10.4 Å². The van der Waals surface area contributed by atoms with Crippen LogP contribution in [-0.4, -0.2) is 24.0 Å². The predicted molar refractivity (Wildman–Crippen MR) is 78.6 cm³/mol. The van der Waals surface area contributed by atoms with Gasteiger partial charge in [0.05, 0.1) is 0 Å². The number of anilines is 1. The SMILES string of the molecule is C=CCC1(O)C2=NCC(C)(C)CN2c2ccccc21. The van der Waals surface area contributed by atoms with E-state index in [4.69, 9.17) is 0 Å². The van der Waals surface area contributed by atoms with Crippen molar-refractivity contribution in [2.45, 2.75) is 25.9 Å². The fourth-order valence-electron chi connectivity index (χ4n) is 3.07. The van der Waals surface area contributed by atoms with Crippen LogP contribution in [0.15, 0.2) is 41.9 Å². The first-order chi connectivity index (χ1) is 8.98. The molecule has 1 aromatic carbocycles. The van der Waals surface area contributed by atoms with Crippen LogP contribution in [0.2, 0.25) is 0 Å². The van der Waals surface area contributed by atoms with E-state index >= 15 is 0 Å². The van der Waals surface area contributed by atoms with E-state index in [0.29, 0.717) is 6.42 Å². The van der Waals surface area contributed by atoms with E-state index in [9.17, 15) is 5.11 Å². The second-order valence-corrected chi connectivity index (χ2v) is 6.26. The normalized spacial score (nSPS) is 27.5. The Kier molecular flexibility index (Phi) is 2.58. The molecule has 1 unspecified atom stereocenters. The van der Waals surface area contributed by atoms with Crippen molar-refractivity contribution in [1.82, 2.24) is 0 Å². The summed E-state index contributed by atoms with van der Waals surface area (Å²) in [7, 11) is 0. The summed E-state index contributed by atoms with van der Waals surface area (Å²) in [5.74, 6) is 0.785. The van der Waals surface area contributed by atoms with Gasteiger partial charge in [-0.3, -0.25) is 4.99 Å². The largest absolute Gasteiger partial charge is 0.377 e. The molecule has 1 aromatic rings. The highest BCUT2D eigenvalue weighted by atomic mass is 16.3. The minimum atomic E-state index is -1.01. The highest BCUT2D eigenvalue weighted by Crippen LogP contribution is 2.45. The lowest BCUT2D eigenvalue weighted by molar-refractivity contribution is 0.116. The first-order valence-corrected chi connectivity index (χ1v) is 6.73. The van der Waals surface area contributed by atoms with E-state index in [1.807, 2.05) is 18.2 Å². The minimum absolute atomic E-state index is 0.135. The average molecular weight is 256 g/mol. The number of hydrogen-bond donors (Lipinski definition) is 1. The van der Waals surface area contributed by atoms with Gasteiger partial charge in [-0.25, -0.2) is 0 Å². The van der Waals surface area contributed by atoms with Gasteiger partial charge in [0, 0.05) is 36.2 Å². The van der Waals surface area contributed by atoms with Crippen LogP contribution in [0.25, 0.3) is 0 Å². The van der Waals surface area contributed by atoms with Crippen LogP contribution in [0, 0.1) is 5.41 Å². The Morgan fingerprint density at radius 3 is 2.89 bits per heavy atom. The maximum absolute atomic E-state index is 11.1. The molecule has 2 heterocycles. The lowest BCUT2D eigenvalue weighted by atomic mass is 9.89. The molecule has 0 fully saturated rings. The number of amidine groups is 1. The number of para-hydroxylation sites is 1. The minimum Gasteiger partial charge on any atom is -0.377 e. The topological polar surface area (TPSA) is 35.8 Å². The van der Waals surface area contributed by atoms with Crippen molar-refractivity contribution in [1.29, 1.82) is 0 Å². The predicted octanol–water partition coefficient (Wildman–Crippen LogP) is 2.71. The van der Waals surface area contributed by atoms with Crippen LogP contribution in [-0.2, 0) is 5.60 Å². The molecule has 0 amide bonds. The van der Waals surface area contributed by atoms with Gasteiger partial charge in [-0.05, 0) is 6.07 Å². The molecule has 3 nitrogen and oxygen atoms in total. The van der Waals surface area contributed by atoms with E-state index < -0.39 is 5.60 Å². The van der Waals surface area contributed by atoms with Crippen LogP contribution in [0.5, 0.6) is 0 Å². The summed E-state index contributed by atoms with van der Waals surface area (Å²) in [5, 5.41) is 11.1. The van der Waals surface area contributed by atoms with Crippen LogP contribution in [0.4, 0.5) is 5.69 Å². The molecule has 100 valence electrons. The van der Waals surface area contributed by atoms with Crippen molar-refractivity contribution >= 4 is 11.5 Å². The number of benzene rings is 1. The van der Waals surface area contributed by atoms with Crippen LogP contribution < -0.4 is 4.90 Å². The van der Waals surface area contributed by atoms with Crippen LogP contribution in [0.3, 0.4) is 0 Å². The van der Waals surface area contributed by atoms with E-state index in [1.54, 1.807) is 6.08 Å². The van der Waals surface area contributed by atoms with Gasteiger partial charge in [0.1, 0.15) is 5.84 Å². The monoisotopic (exact) mass is 256 g/mol. The van der Waals surface area contributed by atoms with Crippen molar-refractivity contribution in [3.05, 3.63) is 42.5 Å². The van der Waals surface area contributed by atoms with Crippen LogP contribution >= 0.6 is 0 Å². The molecule has 1 N–H and O–H groups in total. The second-order valence-electron chi connectivity index (χ2n) is 6.26. The van der Waals surface area contributed by atoms with Crippen molar-refractivity contribution < 1.29 is 5.11 Å². The summed E-state index contributed by atoms with van der Waals surface area (Å²) < 4.78 is 0. The van der Waals surface area contributed by atoms with E-state index in [2.05, 4.69) is 36.4 Å². The summed E-state index contributed by atoms with van der Waals surface area (Å²) >= 11 is 0. The molecule has 0 aliphatic carbocycles. The molecular weight excluding hydrogens is 236 g/mol. The van der Waals surface area contributed by atoms with Gasteiger partial charge in [-0.1, -0.05) is 38.1 Å². The van der Waals surface area contributed by atoms with E-state index in [1.165, 1.54) is 0 Å². The maximum Gasteiger partial charge on any atom is 0.152 e. The van der Waals surface area contributed by atoms with Crippen molar-refractivity contribution in [3.63, 3.8) is 0 Å². The molecule has 3 heteroatoms. The quantitative estimate of drug-likeness (QED) is 0.826. The molecule has 2 aliphatic rings. The van der Waals surface area contributed by atoms with Gasteiger partial charge in [0.25, 0.3) is 0 Å². The van der Waals surface area contributed by atoms with E-state index in [-0.39, 0.29) is 5.41 Å². The van der Waals surface area contributed by atoms with Gasteiger partial charge >= 0.3 is 0 Å². The van der Waals surface area contributed by atoms with Crippen molar-refractivity contribution in [2.75, 3.05) is 18.0 Å². The Bertz CT molecular complexity index is 562. The molecule has 19 heavy (non-hydrogen) atoms. The molecule has 0 aromatic heterocycles. The molecule has 2 aliphatic heterocycles. The zero-order valence-electron chi connectivity index (χ0n) is 11.6. The summed E-state index contributed by atoms with van der Waals surface area (Å²) in [6.07, 6.45) is 2.27. The summed E-state index contributed by atoms with van der Waals surface area (Å²) in [4.78, 5) is 6.84. The number of rotatable bonds is 2. The van der Waals surface area contributed by atoms with Gasteiger partial charge in [0.2, 0.25) is 0 Å². The zero-order valence-corrected chi connectivity index (χ0v) is 11.6. The Morgan fingerprint density at radius 1 is 1.42 bits per heavy atom. The molecule has 0 bridgehead atoms. The third-order valence-electron chi connectivity index (χ3n) is 3.95. The van der Waals surface area contributed by atoms with Gasteiger partial charge < -0.3 is 10.0 Å². The summed E-state index contributed by atoms with van der Waals surface area (Å²) in [6, 6.07) is 8.04. The fraction of sp³-hybridized carbons (Fsp3) is 0.438. The van der Waals surface area contributed by atoms with Crippen LogP contribution in [0.1, 0.15) is 25.8 Å². The second kappa shape index (κ2) is 3.94. The van der Waals surface area contributed by atoms with E-state index in [0.717, 1.165) is 30.2 Å². The third-order valence-corrected chi connectivity index (χ3v) is 3.95. The number of nitrogens with zero attached hydrogens (tertiary/aromatic N) is 2. The fourth-order valence-corrected chi connectivity index (χ4v) is 3.07. The zero-order chi connectivity index (χ0) is 13.7. The molecule has 0 radical (unpaired) electrons. The highest BCUT2D eigenvalue weighted by molar-refractivity contribution is 6.11. The first kappa shape index (κ1) is 12.4. The molecule has 0 saturated carbocycles. The highest BCUT2D eigenvalue weighted by Gasteiger charge is 2.49. The van der Waals surface area contributed by atoms with Gasteiger partial charge in [0.15, 0.2) is 5.60 Å². The first-order valence-electron chi connectivity index (χ1n) is 6.73. The van der Waals surface area contributed by atoms with Gasteiger partial charge in [-0.2, -0.15) is 0 Å². The Morgan fingerprint density at radius 2 is 2.16 bits per heavy atom. The molecule has 3 rings (SSSR count). The lowest BCUT2D eigenvalue weighted by Crippen LogP contribution is -2.48. The Balaban J connectivity index is 2.18. The molecule has 0 spiro atoms. The third kappa shape index (κ3) is 1.72. The Hall–Kier alpha value is -1.61. The lowest BCUT2D eigenvalue weighted by Gasteiger charge is -2.37.